The molecule has 0 aromatic carbocycles. The largest absolute Gasteiger partial charge is 0.480 e. The van der Waals surface area contributed by atoms with E-state index in [0.717, 1.165) is 19.0 Å². The number of nitro groups is 1. The predicted octanol–water partition coefficient (Wildman–Crippen LogP) is 0.257. The van der Waals surface area contributed by atoms with Crippen LogP contribution in [0.4, 0.5) is 5.69 Å². The lowest BCUT2D eigenvalue weighted by atomic mass is 10.3. The fourth-order valence-electron chi connectivity index (χ4n) is 1.88. The molecule has 2 rings (SSSR count). The van der Waals surface area contributed by atoms with E-state index in [2.05, 4.69) is 5.10 Å². The molecule has 0 saturated heterocycles. The lowest BCUT2D eigenvalue weighted by Crippen LogP contribution is -2.37. The Bertz CT molecular complexity index is 537. The van der Waals surface area contributed by atoms with Crippen molar-refractivity contribution in [2.45, 2.75) is 31.8 Å². The van der Waals surface area contributed by atoms with Gasteiger partial charge in [-0.3, -0.25) is 24.4 Å². The van der Waals surface area contributed by atoms with Gasteiger partial charge in [-0.25, -0.2) is 0 Å². The molecule has 0 atom stereocenters. The van der Waals surface area contributed by atoms with Crippen LogP contribution in [0.5, 0.6) is 0 Å². The number of hydrogen-bond donors (Lipinski definition) is 1. The molecule has 1 amide bonds. The molecule has 1 aromatic heterocycles. The normalized spacial score (nSPS) is 14.0. The van der Waals surface area contributed by atoms with E-state index < -0.39 is 10.9 Å². The quantitative estimate of drug-likeness (QED) is 0.566. The van der Waals surface area contributed by atoms with E-state index in [0.29, 0.717) is 0 Å². The number of aryl methyl sites for hydroxylation is 1. The topological polar surface area (TPSA) is 119 Å². The molecule has 0 spiro atoms. The second-order valence-corrected chi connectivity index (χ2v) is 4.62. The standard InChI is InChI=1S/C11H14N4O5/c16-10(14(7-11(17)18)8-1-2-8)3-4-13-6-9(5-12-13)15(19)20/h5-6,8H,1-4,7H2,(H,17,18). The van der Waals surface area contributed by atoms with Crippen molar-refractivity contribution in [3.8, 4) is 0 Å². The summed E-state index contributed by atoms with van der Waals surface area (Å²) in [5, 5.41) is 23.0. The Balaban J connectivity index is 1.89. The molecule has 20 heavy (non-hydrogen) atoms. The smallest absolute Gasteiger partial charge is 0.323 e. The van der Waals surface area contributed by atoms with Crippen LogP contribution in [0.25, 0.3) is 0 Å². The highest BCUT2D eigenvalue weighted by Crippen LogP contribution is 2.27. The van der Waals surface area contributed by atoms with Gasteiger partial charge < -0.3 is 10.0 Å². The summed E-state index contributed by atoms with van der Waals surface area (Å²) in [5.74, 6) is -1.31. The molecule has 0 unspecified atom stereocenters. The van der Waals surface area contributed by atoms with Gasteiger partial charge in [0.2, 0.25) is 5.91 Å². The van der Waals surface area contributed by atoms with Gasteiger partial charge in [-0.05, 0) is 12.8 Å². The molecule has 108 valence electrons. The Morgan fingerprint density at radius 1 is 1.55 bits per heavy atom. The number of carbonyl (C=O) groups is 2. The minimum Gasteiger partial charge on any atom is -0.480 e. The van der Waals surface area contributed by atoms with Crippen LogP contribution >= 0.6 is 0 Å². The second kappa shape index (κ2) is 5.68. The maximum atomic E-state index is 12.0. The summed E-state index contributed by atoms with van der Waals surface area (Å²) in [6.45, 7) is -0.113. The first-order chi connectivity index (χ1) is 9.47. The molecule has 1 heterocycles. The Hall–Kier alpha value is -2.45. The third-order valence-corrected chi connectivity index (χ3v) is 3.00. The van der Waals surface area contributed by atoms with Gasteiger partial charge in [0.15, 0.2) is 0 Å². The highest BCUT2D eigenvalue weighted by molar-refractivity contribution is 5.81. The first-order valence-electron chi connectivity index (χ1n) is 6.15. The summed E-state index contributed by atoms with van der Waals surface area (Å²) in [5.41, 5.74) is -0.137. The van der Waals surface area contributed by atoms with E-state index >= 15 is 0 Å². The molecule has 0 aliphatic heterocycles. The molecule has 1 fully saturated rings. The fraction of sp³-hybridized carbons (Fsp3) is 0.545. The molecule has 9 nitrogen and oxygen atoms in total. The van der Waals surface area contributed by atoms with Crippen LogP contribution in [0.1, 0.15) is 19.3 Å². The van der Waals surface area contributed by atoms with Crippen LogP contribution < -0.4 is 0 Å². The van der Waals surface area contributed by atoms with Gasteiger partial charge in [-0.2, -0.15) is 5.10 Å². The molecule has 0 bridgehead atoms. The van der Waals surface area contributed by atoms with Crippen molar-refractivity contribution in [3.63, 3.8) is 0 Å². The number of aliphatic carboxylic acids is 1. The average molecular weight is 282 g/mol. The van der Waals surface area contributed by atoms with Crippen LogP contribution in [0, 0.1) is 10.1 Å². The first kappa shape index (κ1) is 14.0. The summed E-state index contributed by atoms with van der Waals surface area (Å²) in [4.78, 5) is 33.9. The molecular formula is C11H14N4O5. The number of carbonyl (C=O) groups excluding carboxylic acids is 1. The minimum absolute atomic E-state index is 0.0190. The van der Waals surface area contributed by atoms with Crippen LogP contribution in [0.15, 0.2) is 12.4 Å². The maximum absolute atomic E-state index is 12.0. The van der Waals surface area contributed by atoms with Crippen molar-refractivity contribution in [2.75, 3.05) is 6.54 Å². The summed E-state index contributed by atoms with van der Waals surface area (Å²) in [6, 6.07) is 0.0190. The molecule has 1 aromatic rings. The van der Waals surface area contributed by atoms with Crippen LogP contribution in [0.2, 0.25) is 0 Å². The Morgan fingerprint density at radius 2 is 2.25 bits per heavy atom. The zero-order chi connectivity index (χ0) is 14.7. The van der Waals surface area contributed by atoms with E-state index in [9.17, 15) is 19.7 Å². The van der Waals surface area contributed by atoms with E-state index in [1.807, 2.05) is 0 Å². The lowest BCUT2D eigenvalue weighted by molar-refractivity contribution is -0.385. The van der Waals surface area contributed by atoms with Crippen molar-refractivity contribution >= 4 is 17.6 Å². The fourth-order valence-corrected chi connectivity index (χ4v) is 1.88. The highest BCUT2D eigenvalue weighted by atomic mass is 16.6. The summed E-state index contributed by atoms with van der Waals surface area (Å²) >= 11 is 0. The van der Waals surface area contributed by atoms with Gasteiger partial charge in [0.25, 0.3) is 0 Å². The SMILES string of the molecule is O=C(O)CN(C(=O)CCn1cc([N+](=O)[O-])cn1)C1CC1. The number of rotatable bonds is 7. The van der Waals surface area contributed by atoms with Gasteiger partial charge >= 0.3 is 11.7 Å². The number of carboxylic acids is 1. The van der Waals surface area contributed by atoms with E-state index in [1.165, 1.54) is 15.8 Å². The van der Waals surface area contributed by atoms with Crippen molar-refractivity contribution in [1.29, 1.82) is 0 Å². The molecule has 9 heteroatoms. The zero-order valence-electron chi connectivity index (χ0n) is 10.6. The maximum Gasteiger partial charge on any atom is 0.323 e. The number of hydrogen-bond acceptors (Lipinski definition) is 5. The third kappa shape index (κ3) is 3.53. The third-order valence-electron chi connectivity index (χ3n) is 3.00. The van der Waals surface area contributed by atoms with Crippen molar-refractivity contribution in [3.05, 3.63) is 22.5 Å². The predicted molar refractivity (Wildman–Crippen MR) is 65.9 cm³/mol. The Labute approximate surface area is 113 Å². The average Bonchev–Trinajstić information content (AvgIpc) is 3.10. The van der Waals surface area contributed by atoms with Crippen LogP contribution in [-0.4, -0.2) is 49.2 Å². The van der Waals surface area contributed by atoms with E-state index in [1.54, 1.807) is 0 Å². The van der Waals surface area contributed by atoms with E-state index in [-0.39, 0.29) is 37.1 Å². The zero-order valence-corrected chi connectivity index (χ0v) is 10.6. The number of amides is 1. The van der Waals surface area contributed by atoms with Gasteiger partial charge in [0, 0.05) is 19.0 Å². The minimum atomic E-state index is -1.04. The van der Waals surface area contributed by atoms with Gasteiger partial charge in [0.1, 0.15) is 18.9 Å². The van der Waals surface area contributed by atoms with E-state index in [4.69, 9.17) is 5.11 Å². The lowest BCUT2D eigenvalue weighted by Gasteiger charge is -2.20. The monoisotopic (exact) mass is 282 g/mol. The summed E-state index contributed by atoms with van der Waals surface area (Å²) in [6.07, 6.45) is 4.08. The molecule has 1 saturated carbocycles. The summed E-state index contributed by atoms with van der Waals surface area (Å²) in [7, 11) is 0. The second-order valence-electron chi connectivity index (χ2n) is 4.62. The van der Waals surface area contributed by atoms with Gasteiger partial charge in [-0.1, -0.05) is 0 Å². The number of nitrogens with zero attached hydrogens (tertiary/aromatic N) is 4. The molecular weight excluding hydrogens is 268 g/mol. The van der Waals surface area contributed by atoms with Gasteiger partial charge in [-0.15, -0.1) is 0 Å². The van der Waals surface area contributed by atoms with Crippen molar-refractivity contribution in [2.24, 2.45) is 0 Å². The Kier molecular flexibility index (Phi) is 3.97. The Morgan fingerprint density at radius 3 is 2.75 bits per heavy atom. The van der Waals surface area contributed by atoms with Crippen molar-refractivity contribution in [1.82, 2.24) is 14.7 Å². The molecule has 1 aliphatic carbocycles. The van der Waals surface area contributed by atoms with Crippen LogP contribution in [-0.2, 0) is 16.1 Å². The molecule has 1 aliphatic rings. The first-order valence-corrected chi connectivity index (χ1v) is 6.15. The highest BCUT2D eigenvalue weighted by Gasteiger charge is 2.33. The van der Waals surface area contributed by atoms with Crippen LogP contribution in [0.3, 0.4) is 0 Å². The number of carboxylic acid groups (broad SMARTS) is 1. The molecule has 1 N–H and O–H groups in total. The van der Waals surface area contributed by atoms with Gasteiger partial charge in [0.05, 0.1) is 4.92 Å². The molecule has 0 radical (unpaired) electrons. The van der Waals surface area contributed by atoms with Crippen molar-refractivity contribution < 1.29 is 19.6 Å². The summed E-state index contributed by atoms with van der Waals surface area (Å²) < 4.78 is 1.31. The number of aromatic nitrogens is 2.